The molecule has 5 heteroatoms. The average molecular weight is 257 g/mol. The number of hydrogen-bond acceptors (Lipinski definition) is 4. The number of rotatable bonds is 3. The third kappa shape index (κ3) is 3.86. The molecule has 17 heavy (non-hydrogen) atoms. The molecule has 2 aliphatic rings. The molecule has 2 saturated heterocycles. The molecule has 1 amide bonds. The van der Waals surface area contributed by atoms with Crippen LogP contribution in [0.5, 0.6) is 0 Å². The third-order valence-corrected chi connectivity index (χ3v) is 4.72. The van der Waals surface area contributed by atoms with Gasteiger partial charge in [0.2, 0.25) is 5.91 Å². The second-order valence-corrected chi connectivity index (χ2v) is 5.89. The molecule has 0 aromatic rings. The highest BCUT2D eigenvalue weighted by Gasteiger charge is 2.23. The minimum Gasteiger partial charge on any atom is -0.340 e. The van der Waals surface area contributed by atoms with E-state index in [1.54, 1.807) is 0 Å². The number of likely N-dealkylation sites (N-methyl/N-ethyl adjacent to an activating group) is 1. The van der Waals surface area contributed by atoms with Gasteiger partial charge < -0.3 is 15.1 Å². The first kappa shape index (κ1) is 13.2. The van der Waals surface area contributed by atoms with Crippen molar-refractivity contribution in [1.29, 1.82) is 0 Å². The van der Waals surface area contributed by atoms with Gasteiger partial charge in [-0.2, -0.15) is 11.8 Å². The van der Waals surface area contributed by atoms with Gasteiger partial charge in [-0.15, -0.1) is 0 Å². The van der Waals surface area contributed by atoms with Crippen LogP contribution < -0.4 is 5.32 Å². The summed E-state index contributed by atoms with van der Waals surface area (Å²) in [7, 11) is 0. The van der Waals surface area contributed by atoms with Gasteiger partial charge in [-0.05, 0) is 6.54 Å². The van der Waals surface area contributed by atoms with E-state index < -0.39 is 0 Å². The molecule has 2 rings (SSSR count). The van der Waals surface area contributed by atoms with E-state index >= 15 is 0 Å². The van der Waals surface area contributed by atoms with Crippen LogP contribution in [0, 0.1) is 0 Å². The summed E-state index contributed by atoms with van der Waals surface area (Å²) in [6.45, 7) is 8.22. The van der Waals surface area contributed by atoms with Gasteiger partial charge in [-0.3, -0.25) is 4.79 Å². The molecule has 4 nitrogen and oxygen atoms in total. The Hall–Kier alpha value is -0.260. The summed E-state index contributed by atoms with van der Waals surface area (Å²) < 4.78 is 0. The zero-order valence-electron chi connectivity index (χ0n) is 10.7. The van der Waals surface area contributed by atoms with Crippen LogP contribution in [0.2, 0.25) is 0 Å². The highest BCUT2D eigenvalue weighted by molar-refractivity contribution is 7.99. The fourth-order valence-corrected chi connectivity index (χ4v) is 3.35. The fourth-order valence-electron chi connectivity index (χ4n) is 2.40. The lowest BCUT2D eigenvalue weighted by molar-refractivity contribution is -0.133. The smallest absolute Gasteiger partial charge is 0.224 e. The Morgan fingerprint density at radius 1 is 1.35 bits per heavy atom. The number of amides is 1. The maximum atomic E-state index is 12.1. The molecule has 2 heterocycles. The second-order valence-electron chi connectivity index (χ2n) is 4.75. The average Bonchev–Trinajstić information content (AvgIpc) is 2.40. The first-order chi connectivity index (χ1) is 8.29. The van der Waals surface area contributed by atoms with Crippen molar-refractivity contribution >= 4 is 17.7 Å². The molecule has 0 aliphatic carbocycles. The zero-order chi connectivity index (χ0) is 12.1. The molecule has 2 aliphatic heterocycles. The highest BCUT2D eigenvalue weighted by atomic mass is 32.2. The van der Waals surface area contributed by atoms with E-state index in [1.807, 2.05) is 16.7 Å². The maximum absolute atomic E-state index is 12.1. The Morgan fingerprint density at radius 3 is 2.71 bits per heavy atom. The van der Waals surface area contributed by atoms with E-state index in [9.17, 15) is 4.79 Å². The summed E-state index contributed by atoms with van der Waals surface area (Å²) in [6.07, 6.45) is 0.680. The molecular formula is C12H23N3OS. The second kappa shape index (κ2) is 6.61. The van der Waals surface area contributed by atoms with Crippen molar-refractivity contribution in [3.63, 3.8) is 0 Å². The summed E-state index contributed by atoms with van der Waals surface area (Å²) in [4.78, 5) is 16.6. The predicted octanol–water partition coefficient (Wildman–Crippen LogP) is 0.246. The van der Waals surface area contributed by atoms with Crippen molar-refractivity contribution in [2.75, 3.05) is 50.8 Å². The van der Waals surface area contributed by atoms with Crippen LogP contribution in [0.15, 0.2) is 0 Å². The Kier molecular flexibility index (Phi) is 5.13. The van der Waals surface area contributed by atoms with Crippen LogP contribution in [0.4, 0.5) is 0 Å². The van der Waals surface area contributed by atoms with Gasteiger partial charge in [0.15, 0.2) is 0 Å². The molecule has 2 fully saturated rings. The highest BCUT2D eigenvalue weighted by Crippen LogP contribution is 2.12. The van der Waals surface area contributed by atoms with E-state index in [-0.39, 0.29) is 0 Å². The summed E-state index contributed by atoms with van der Waals surface area (Å²) >= 11 is 1.95. The standard InChI is InChI=1S/C12H23N3OS/c1-2-14-4-6-15(7-5-14)12(16)9-11-10-17-8-3-13-11/h11,13H,2-10H2,1H3. The number of hydrogen-bond donors (Lipinski definition) is 1. The van der Waals surface area contributed by atoms with Gasteiger partial charge in [0.1, 0.15) is 0 Å². The Morgan fingerprint density at radius 2 is 2.12 bits per heavy atom. The molecule has 1 atom stereocenters. The Labute approximate surface area is 108 Å². The van der Waals surface area contributed by atoms with Crippen molar-refractivity contribution in [2.24, 2.45) is 0 Å². The summed E-state index contributed by atoms with van der Waals surface area (Å²) in [5.74, 6) is 2.60. The lowest BCUT2D eigenvalue weighted by atomic mass is 10.2. The van der Waals surface area contributed by atoms with E-state index in [0.717, 1.165) is 45.0 Å². The van der Waals surface area contributed by atoms with Crippen LogP contribution in [-0.4, -0.2) is 72.5 Å². The fraction of sp³-hybridized carbons (Fsp3) is 0.917. The molecule has 0 aromatic carbocycles. The van der Waals surface area contributed by atoms with Crippen molar-refractivity contribution < 1.29 is 4.79 Å². The number of carbonyl (C=O) groups is 1. The molecule has 1 unspecified atom stereocenters. The number of piperazine rings is 1. The van der Waals surface area contributed by atoms with Crippen LogP contribution in [0.1, 0.15) is 13.3 Å². The molecule has 0 spiro atoms. The molecule has 1 N–H and O–H groups in total. The lowest BCUT2D eigenvalue weighted by Gasteiger charge is -2.35. The van der Waals surface area contributed by atoms with Gasteiger partial charge >= 0.3 is 0 Å². The van der Waals surface area contributed by atoms with Crippen molar-refractivity contribution in [1.82, 2.24) is 15.1 Å². The molecule has 0 aromatic heterocycles. The monoisotopic (exact) mass is 257 g/mol. The lowest BCUT2D eigenvalue weighted by Crippen LogP contribution is -2.50. The zero-order valence-corrected chi connectivity index (χ0v) is 11.5. The van der Waals surface area contributed by atoms with Gasteiger partial charge in [0, 0.05) is 56.7 Å². The molecule has 0 saturated carbocycles. The first-order valence-electron chi connectivity index (χ1n) is 6.61. The van der Waals surface area contributed by atoms with Gasteiger partial charge in [0.25, 0.3) is 0 Å². The minimum absolute atomic E-state index is 0.334. The SMILES string of the molecule is CCN1CCN(C(=O)CC2CSCCN2)CC1. The molecule has 0 bridgehead atoms. The number of nitrogens with zero attached hydrogens (tertiary/aromatic N) is 2. The van der Waals surface area contributed by atoms with Crippen LogP contribution in [0.3, 0.4) is 0 Å². The first-order valence-corrected chi connectivity index (χ1v) is 7.76. The maximum Gasteiger partial charge on any atom is 0.224 e. The Balaban J connectivity index is 1.72. The van der Waals surface area contributed by atoms with Crippen LogP contribution in [-0.2, 0) is 4.79 Å². The molecular weight excluding hydrogens is 234 g/mol. The number of carbonyl (C=O) groups excluding carboxylic acids is 1. The summed E-state index contributed by atoms with van der Waals surface area (Å²) in [5, 5.41) is 3.43. The Bertz CT molecular complexity index is 248. The predicted molar refractivity (Wildman–Crippen MR) is 72.4 cm³/mol. The largest absolute Gasteiger partial charge is 0.340 e. The van der Waals surface area contributed by atoms with E-state index in [1.165, 1.54) is 5.75 Å². The van der Waals surface area contributed by atoms with E-state index in [2.05, 4.69) is 17.1 Å². The van der Waals surface area contributed by atoms with Gasteiger partial charge in [0.05, 0.1) is 0 Å². The van der Waals surface area contributed by atoms with Gasteiger partial charge in [-0.1, -0.05) is 6.92 Å². The number of nitrogens with one attached hydrogen (secondary N) is 1. The number of thioether (sulfide) groups is 1. The van der Waals surface area contributed by atoms with Crippen molar-refractivity contribution in [3.8, 4) is 0 Å². The van der Waals surface area contributed by atoms with E-state index in [4.69, 9.17) is 0 Å². The van der Waals surface area contributed by atoms with Gasteiger partial charge in [-0.25, -0.2) is 0 Å². The topological polar surface area (TPSA) is 35.6 Å². The normalized spacial score (nSPS) is 27.1. The minimum atomic E-state index is 0.334. The van der Waals surface area contributed by atoms with Crippen molar-refractivity contribution in [2.45, 2.75) is 19.4 Å². The van der Waals surface area contributed by atoms with Crippen LogP contribution >= 0.6 is 11.8 Å². The molecule has 0 radical (unpaired) electrons. The summed E-state index contributed by atoms with van der Waals surface area (Å²) in [5.41, 5.74) is 0. The summed E-state index contributed by atoms with van der Waals surface area (Å²) in [6, 6.07) is 0.394. The van der Waals surface area contributed by atoms with Crippen LogP contribution in [0.25, 0.3) is 0 Å². The third-order valence-electron chi connectivity index (χ3n) is 3.59. The quantitative estimate of drug-likeness (QED) is 0.786. The molecule has 98 valence electrons. The van der Waals surface area contributed by atoms with Crippen molar-refractivity contribution in [3.05, 3.63) is 0 Å². The van der Waals surface area contributed by atoms with E-state index in [0.29, 0.717) is 18.4 Å².